The quantitative estimate of drug-likeness (QED) is 0.918. The van der Waals surface area contributed by atoms with Gasteiger partial charge in [0.05, 0.1) is 0 Å². The first kappa shape index (κ1) is 15.4. The van der Waals surface area contributed by atoms with Crippen LogP contribution in [0.4, 0.5) is 0 Å². The molecule has 1 amide bonds. The Morgan fingerprint density at radius 2 is 1.92 bits per heavy atom. The summed E-state index contributed by atoms with van der Waals surface area (Å²) in [6, 6.07) is 12.1. The fourth-order valence-corrected chi connectivity index (χ4v) is 3.22. The molecule has 5 heteroatoms. The van der Waals surface area contributed by atoms with Gasteiger partial charge in [0.2, 0.25) is 5.76 Å². The maximum absolute atomic E-state index is 12.6. The molecule has 1 aliphatic heterocycles. The van der Waals surface area contributed by atoms with Gasteiger partial charge in [-0.05, 0) is 38.1 Å². The van der Waals surface area contributed by atoms with Crippen molar-refractivity contribution in [3.63, 3.8) is 0 Å². The summed E-state index contributed by atoms with van der Waals surface area (Å²) in [5, 5.41) is 7.67. The van der Waals surface area contributed by atoms with E-state index in [4.69, 9.17) is 4.52 Å². The molecule has 0 radical (unpaired) electrons. The van der Waals surface area contributed by atoms with Gasteiger partial charge in [0.15, 0.2) is 0 Å². The number of carbonyl (C=O) groups is 1. The highest BCUT2D eigenvalue weighted by Crippen LogP contribution is 2.28. The summed E-state index contributed by atoms with van der Waals surface area (Å²) in [5.74, 6) is 1.18. The van der Waals surface area contributed by atoms with Crippen LogP contribution < -0.4 is 5.32 Å². The normalized spacial score (nSPS) is 18.8. The molecule has 0 spiro atoms. The lowest BCUT2D eigenvalue weighted by Gasteiger charge is -2.31. The van der Waals surface area contributed by atoms with Gasteiger partial charge in [0.1, 0.15) is 5.69 Å². The topological polar surface area (TPSA) is 58.4 Å². The third-order valence-electron chi connectivity index (χ3n) is 4.96. The van der Waals surface area contributed by atoms with E-state index in [1.807, 2.05) is 35.2 Å². The van der Waals surface area contributed by atoms with Gasteiger partial charge in [-0.15, -0.1) is 0 Å². The first-order chi connectivity index (χ1) is 11.8. The molecule has 4 rings (SSSR count). The fraction of sp³-hybridized carbons (Fsp3) is 0.474. The third-order valence-corrected chi connectivity index (χ3v) is 4.96. The minimum absolute atomic E-state index is 0.0506. The van der Waals surface area contributed by atoms with Crippen LogP contribution in [0.25, 0.3) is 11.3 Å². The van der Waals surface area contributed by atoms with Gasteiger partial charge in [0, 0.05) is 30.8 Å². The van der Waals surface area contributed by atoms with Crippen molar-refractivity contribution in [1.29, 1.82) is 0 Å². The molecule has 2 aromatic rings. The number of nitrogens with one attached hydrogen (secondary N) is 1. The summed E-state index contributed by atoms with van der Waals surface area (Å²) in [5.41, 5.74) is 1.67. The molecule has 5 nitrogen and oxygen atoms in total. The summed E-state index contributed by atoms with van der Waals surface area (Å²) < 4.78 is 5.29. The molecule has 1 N–H and O–H groups in total. The molecule has 1 aliphatic carbocycles. The number of benzene rings is 1. The first-order valence-electron chi connectivity index (χ1n) is 8.84. The Morgan fingerprint density at radius 3 is 2.62 bits per heavy atom. The minimum atomic E-state index is -0.0506. The maximum atomic E-state index is 12.6. The molecule has 0 atom stereocenters. The van der Waals surface area contributed by atoms with Crippen molar-refractivity contribution >= 4 is 5.91 Å². The zero-order chi connectivity index (χ0) is 16.4. The fourth-order valence-electron chi connectivity index (χ4n) is 3.22. The molecular formula is C19H23N3O2. The summed E-state index contributed by atoms with van der Waals surface area (Å²) >= 11 is 0. The van der Waals surface area contributed by atoms with E-state index in [9.17, 15) is 4.79 Å². The molecule has 0 unspecified atom stereocenters. The number of piperidine rings is 1. The maximum Gasteiger partial charge on any atom is 0.292 e. The van der Waals surface area contributed by atoms with Crippen molar-refractivity contribution in [3.8, 4) is 11.3 Å². The van der Waals surface area contributed by atoms with Crippen molar-refractivity contribution in [2.75, 3.05) is 19.6 Å². The monoisotopic (exact) mass is 325 g/mol. The van der Waals surface area contributed by atoms with Crippen LogP contribution in [0.15, 0.2) is 40.9 Å². The van der Waals surface area contributed by atoms with Crippen molar-refractivity contribution in [2.45, 2.75) is 31.7 Å². The molecule has 1 aromatic heterocycles. The summed E-state index contributed by atoms with van der Waals surface area (Å²) in [6.45, 7) is 2.70. The Labute approximate surface area is 142 Å². The minimum Gasteiger partial charge on any atom is -0.350 e. The predicted molar refractivity (Wildman–Crippen MR) is 91.6 cm³/mol. The van der Waals surface area contributed by atoms with E-state index >= 15 is 0 Å². The largest absolute Gasteiger partial charge is 0.350 e. The lowest BCUT2D eigenvalue weighted by atomic mass is 10.0. The van der Waals surface area contributed by atoms with Crippen molar-refractivity contribution in [2.24, 2.45) is 5.92 Å². The molecule has 2 heterocycles. The number of amides is 1. The van der Waals surface area contributed by atoms with Crippen LogP contribution >= 0.6 is 0 Å². The van der Waals surface area contributed by atoms with Gasteiger partial charge < -0.3 is 14.7 Å². The number of aromatic nitrogens is 1. The lowest BCUT2D eigenvalue weighted by Crippen LogP contribution is -2.45. The molecule has 24 heavy (non-hydrogen) atoms. The molecule has 126 valence electrons. The Hall–Kier alpha value is -2.14. The van der Waals surface area contributed by atoms with Gasteiger partial charge in [-0.3, -0.25) is 4.79 Å². The average Bonchev–Trinajstić information content (AvgIpc) is 3.34. The van der Waals surface area contributed by atoms with E-state index in [1.54, 1.807) is 6.07 Å². The second kappa shape index (κ2) is 6.77. The van der Waals surface area contributed by atoms with Crippen molar-refractivity contribution < 1.29 is 9.32 Å². The Balaban J connectivity index is 1.34. The Morgan fingerprint density at radius 1 is 1.17 bits per heavy atom. The Bertz CT molecular complexity index is 686. The van der Waals surface area contributed by atoms with E-state index in [0.29, 0.717) is 17.5 Å². The number of nitrogens with zero attached hydrogens (tertiary/aromatic N) is 2. The molecule has 1 saturated heterocycles. The van der Waals surface area contributed by atoms with E-state index in [1.165, 1.54) is 12.8 Å². The SMILES string of the molecule is O=C(c1cc(-c2ccccc2)no1)N1CCC(NCC2CC2)CC1. The van der Waals surface area contributed by atoms with Crippen LogP contribution in [0.2, 0.25) is 0 Å². The number of rotatable bonds is 5. The summed E-state index contributed by atoms with van der Waals surface area (Å²) in [6.07, 6.45) is 4.77. The van der Waals surface area contributed by atoms with E-state index in [0.717, 1.165) is 44.0 Å². The Kier molecular flexibility index (Phi) is 4.34. The molecule has 1 saturated carbocycles. The lowest BCUT2D eigenvalue weighted by molar-refractivity contribution is 0.0663. The molecule has 2 aliphatic rings. The van der Waals surface area contributed by atoms with Gasteiger partial charge in [0.25, 0.3) is 5.91 Å². The number of carbonyl (C=O) groups excluding carboxylic acids is 1. The number of likely N-dealkylation sites (tertiary alicyclic amines) is 1. The van der Waals surface area contributed by atoms with Gasteiger partial charge in [-0.25, -0.2) is 0 Å². The smallest absolute Gasteiger partial charge is 0.292 e. The van der Waals surface area contributed by atoms with Gasteiger partial charge in [-0.1, -0.05) is 35.5 Å². The molecule has 2 fully saturated rings. The highest BCUT2D eigenvalue weighted by molar-refractivity contribution is 5.92. The van der Waals surface area contributed by atoms with E-state index < -0.39 is 0 Å². The van der Waals surface area contributed by atoms with Crippen LogP contribution in [-0.4, -0.2) is 41.6 Å². The summed E-state index contributed by atoms with van der Waals surface area (Å²) in [4.78, 5) is 14.5. The average molecular weight is 325 g/mol. The second-order valence-corrected chi connectivity index (χ2v) is 6.86. The number of hydrogen-bond donors (Lipinski definition) is 1. The standard InChI is InChI=1S/C19H23N3O2/c23-19(18-12-17(21-24-18)15-4-2-1-3-5-15)22-10-8-16(9-11-22)20-13-14-6-7-14/h1-5,12,14,16,20H,6-11,13H2. The first-order valence-corrected chi connectivity index (χ1v) is 8.84. The van der Waals surface area contributed by atoms with Crippen molar-refractivity contribution in [1.82, 2.24) is 15.4 Å². The van der Waals surface area contributed by atoms with Gasteiger partial charge in [-0.2, -0.15) is 0 Å². The van der Waals surface area contributed by atoms with Crippen LogP contribution in [-0.2, 0) is 0 Å². The molecule has 0 bridgehead atoms. The molecule has 1 aromatic carbocycles. The van der Waals surface area contributed by atoms with Crippen LogP contribution in [0.3, 0.4) is 0 Å². The van der Waals surface area contributed by atoms with E-state index in [2.05, 4.69) is 10.5 Å². The molecular weight excluding hydrogens is 302 g/mol. The van der Waals surface area contributed by atoms with Crippen LogP contribution in [0.5, 0.6) is 0 Å². The van der Waals surface area contributed by atoms with Crippen LogP contribution in [0, 0.1) is 5.92 Å². The zero-order valence-corrected chi connectivity index (χ0v) is 13.8. The van der Waals surface area contributed by atoms with Gasteiger partial charge >= 0.3 is 0 Å². The number of hydrogen-bond acceptors (Lipinski definition) is 4. The second-order valence-electron chi connectivity index (χ2n) is 6.86. The van der Waals surface area contributed by atoms with Crippen molar-refractivity contribution in [3.05, 3.63) is 42.2 Å². The predicted octanol–water partition coefficient (Wildman–Crippen LogP) is 2.95. The summed E-state index contributed by atoms with van der Waals surface area (Å²) in [7, 11) is 0. The highest BCUT2D eigenvalue weighted by atomic mass is 16.5. The van der Waals surface area contributed by atoms with Crippen LogP contribution in [0.1, 0.15) is 36.2 Å². The van der Waals surface area contributed by atoms with E-state index in [-0.39, 0.29) is 5.91 Å². The third kappa shape index (κ3) is 3.51. The zero-order valence-electron chi connectivity index (χ0n) is 13.8. The highest BCUT2D eigenvalue weighted by Gasteiger charge is 2.27.